The van der Waals surface area contributed by atoms with E-state index in [1.54, 1.807) is 19.3 Å². The van der Waals surface area contributed by atoms with Gasteiger partial charge >= 0.3 is 0 Å². The standard InChI is InChI=1S/C13H12N2O/c1-14-13(16)12-8-7-11(9-15-12)10-5-3-2-4-6-10/h2-9H,1H3,(H,14,16). The van der Waals surface area contributed by atoms with Gasteiger partial charge in [-0.15, -0.1) is 0 Å². The Kier molecular flexibility index (Phi) is 2.96. The summed E-state index contributed by atoms with van der Waals surface area (Å²) in [6, 6.07) is 13.6. The molecule has 80 valence electrons. The normalized spacial score (nSPS) is 9.81. The Bertz CT molecular complexity index is 477. The number of aromatic nitrogens is 1. The van der Waals surface area contributed by atoms with Crippen LogP contribution in [0.3, 0.4) is 0 Å². The van der Waals surface area contributed by atoms with Crippen LogP contribution in [0.2, 0.25) is 0 Å². The van der Waals surface area contributed by atoms with E-state index in [0.29, 0.717) is 5.69 Å². The van der Waals surface area contributed by atoms with Crippen molar-refractivity contribution in [2.75, 3.05) is 7.05 Å². The van der Waals surface area contributed by atoms with Gasteiger partial charge in [0.15, 0.2) is 0 Å². The number of pyridine rings is 1. The molecule has 0 unspecified atom stereocenters. The Hall–Kier alpha value is -2.16. The van der Waals surface area contributed by atoms with Crippen LogP contribution in [0.5, 0.6) is 0 Å². The third-order valence-corrected chi connectivity index (χ3v) is 2.33. The molecule has 2 rings (SSSR count). The van der Waals surface area contributed by atoms with Crippen LogP contribution in [0.15, 0.2) is 48.7 Å². The van der Waals surface area contributed by atoms with Crippen molar-refractivity contribution in [2.24, 2.45) is 0 Å². The zero-order chi connectivity index (χ0) is 11.4. The van der Waals surface area contributed by atoms with Gasteiger partial charge in [0.2, 0.25) is 0 Å². The van der Waals surface area contributed by atoms with E-state index in [9.17, 15) is 4.79 Å². The Labute approximate surface area is 94.1 Å². The molecule has 1 aromatic heterocycles. The summed E-state index contributed by atoms with van der Waals surface area (Å²) in [5.41, 5.74) is 2.54. The highest BCUT2D eigenvalue weighted by Crippen LogP contribution is 2.17. The van der Waals surface area contributed by atoms with Crippen molar-refractivity contribution >= 4 is 5.91 Å². The minimum atomic E-state index is -0.167. The number of nitrogens with one attached hydrogen (secondary N) is 1. The molecule has 0 aliphatic carbocycles. The molecular weight excluding hydrogens is 200 g/mol. The maximum Gasteiger partial charge on any atom is 0.269 e. The van der Waals surface area contributed by atoms with Gasteiger partial charge in [-0.1, -0.05) is 36.4 Å². The first-order chi connectivity index (χ1) is 7.81. The molecule has 1 heterocycles. The molecule has 16 heavy (non-hydrogen) atoms. The molecule has 0 aliphatic rings. The molecule has 1 aromatic carbocycles. The van der Waals surface area contributed by atoms with Crippen LogP contribution in [-0.2, 0) is 0 Å². The average Bonchev–Trinajstić information content (AvgIpc) is 2.39. The maximum atomic E-state index is 11.3. The topological polar surface area (TPSA) is 42.0 Å². The SMILES string of the molecule is CNC(=O)c1ccc(-c2ccccc2)cn1. The predicted molar refractivity (Wildman–Crippen MR) is 63.1 cm³/mol. The minimum absolute atomic E-state index is 0.167. The number of benzene rings is 1. The van der Waals surface area contributed by atoms with Crippen molar-refractivity contribution in [1.29, 1.82) is 0 Å². The lowest BCUT2D eigenvalue weighted by molar-refractivity contribution is 0.0958. The number of nitrogens with zero attached hydrogens (tertiary/aromatic N) is 1. The van der Waals surface area contributed by atoms with Gasteiger partial charge in [0.05, 0.1) is 0 Å². The van der Waals surface area contributed by atoms with E-state index in [1.165, 1.54) is 0 Å². The number of carbonyl (C=O) groups is 1. The molecule has 0 aliphatic heterocycles. The summed E-state index contributed by atoms with van der Waals surface area (Å²) in [5.74, 6) is -0.167. The van der Waals surface area contributed by atoms with Crippen molar-refractivity contribution in [3.8, 4) is 11.1 Å². The van der Waals surface area contributed by atoms with Gasteiger partial charge < -0.3 is 5.32 Å². The molecule has 1 amide bonds. The van der Waals surface area contributed by atoms with Gasteiger partial charge in [-0.25, -0.2) is 0 Å². The number of carbonyl (C=O) groups excluding carboxylic acids is 1. The smallest absolute Gasteiger partial charge is 0.269 e. The van der Waals surface area contributed by atoms with E-state index < -0.39 is 0 Å². The fourth-order valence-electron chi connectivity index (χ4n) is 1.46. The third-order valence-electron chi connectivity index (χ3n) is 2.33. The Morgan fingerprint density at radius 2 is 1.81 bits per heavy atom. The van der Waals surface area contributed by atoms with Gasteiger partial charge in [0.25, 0.3) is 5.91 Å². The van der Waals surface area contributed by atoms with Gasteiger partial charge in [-0.05, 0) is 11.6 Å². The van der Waals surface area contributed by atoms with Crippen LogP contribution in [0.1, 0.15) is 10.5 Å². The van der Waals surface area contributed by atoms with E-state index in [2.05, 4.69) is 10.3 Å². The van der Waals surface area contributed by atoms with E-state index in [4.69, 9.17) is 0 Å². The largest absolute Gasteiger partial charge is 0.354 e. The number of hydrogen-bond donors (Lipinski definition) is 1. The maximum absolute atomic E-state index is 11.3. The van der Waals surface area contributed by atoms with E-state index in [0.717, 1.165) is 11.1 Å². The molecule has 1 N–H and O–H groups in total. The van der Waals surface area contributed by atoms with Crippen LogP contribution in [-0.4, -0.2) is 17.9 Å². The number of amides is 1. The molecule has 0 saturated carbocycles. The summed E-state index contributed by atoms with van der Waals surface area (Å²) in [6.07, 6.45) is 1.71. The number of rotatable bonds is 2. The minimum Gasteiger partial charge on any atom is -0.354 e. The van der Waals surface area contributed by atoms with Crippen molar-refractivity contribution in [1.82, 2.24) is 10.3 Å². The molecule has 0 bridgehead atoms. The highest BCUT2D eigenvalue weighted by molar-refractivity contribution is 5.92. The fraction of sp³-hybridized carbons (Fsp3) is 0.0769. The second-order valence-electron chi connectivity index (χ2n) is 3.38. The fourth-order valence-corrected chi connectivity index (χ4v) is 1.46. The first-order valence-corrected chi connectivity index (χ1v) is 5.05. The summed E-state index contributed by atoms with van der Waals surface area (Å²) >= 11 is 0. The number of hydrogen-bond acceptors (Lipinski definition) is 2. The molecule has 0 atom stereocenters. The molecule has 2 aromatic rings. The molecule has 0 radical (unpaired) electrons. The molecule has 0 saturated heterocycles. The summed E-state index contributed by atoms with van der Waals surface area (Å²) in [4.78, 5) is 15.4. The molecule has 3 heteroatoms. The third kappa shape index (κ3) is 2.08. The summed E-state index contributed by atoms with van der Waals surface area (Å²) < 4.78 is 0. The van der Waals surface area contributed by atoms with Crippen LogP contribution >= 0.6 is 0 Å². The van der Waals surface area contributed by atoms with E-state index in [1.807, 2.05) is 36.4 Å². The van der Waals surface area contributed by atoms with Gasteiger partial charge in [-0.2, -0.15) is 0 Å². The Morgan fingerprint density at radius 1 is 1.06 bits per heavy atom. The zero-order valence-corrected chi connectivity index (χ0v) is 8.97. The lowest BCUT2D eigenvalue weighted by Crippen LogP contribution is -2.18. The monoisotopic (exact) mass is 212 g/mol. The van der Waals surface area contributed by atoms with Gasteiger partial charge in [0.1, 0.15) is 5.69 Å². The Balaban J connectivity index is 2.30. The highest BCUT2D eigenvalue weighted by Gasteiger charge is 2.04. The molecule has 0 fully saturated rings. The molecule has 0 spiro atoms. The lowest BCUT2D eigenvalue weighted by Gasteiger charge is -2.02. The van der Waals surface area contributed by atoms with Crippen molar-refractivity contribution in [3.05, 3.63) is 54.4 Å². The quantitative estimate of drug-likeness (QED) is 0.828. The highest BCUT2D eigenvalue weighted by atomic mass is 16.1. The van der Waals surface area contributed by atoms with Crippen molar-refractivity contribution in [3.63, 3.8) is 0 Å². The summed E-state index contributed by atoms with van der Waals surface area (Å²) in [5, 5.41) is 2.54. The van der Waals surface area contributed by atoms with Crippen LogP contribution < -0.4 is 5.32 Å². The average molecular weight is 212 g/mol. The summed E-state index contributed by atoms with van der Waals surface area (Å²) in [6.45, 7) is 0. The van der Waals surface area contributed by atoms with Crippen molar-refractivity contribution < 1.29 is 4.79 Å². The first kappa shape index (κ1) is 10.4. The van der Waals surface area contributed by atoms with Crippen molar-refractivity contribution in [2.45, 2.75) is 0 Å². The lowest BCUT2D eigenvalue weighted by atomic mass is 10.1. The van der Waals surface area contributed by atoms with Crippen LogP contribution in [0.25, 0.3) is 11.1 Å². The van der Waals surface area contributed by atoms with Gasteiger partial charge in [0, 0.05) is 18.8 Å². The van der Waals surface area contributed by atoms with Gasteiger partial charge in [-0.3, -0.25) is 9.78 Å². The van der Waals surface area contributed by atoms with Crippen LogP contribution in [0, 0.1) is 0 Å². The first-order valence-electron chi connectivity index (χ1n) is 5.05. The molecule has 3 nitrogen and oxygen atoms in total. The van der Waals surface area contributed by atoms with E-state index in [-0.39, 0.29) is 5.91 Å². The second kappa shape index (κ2) is 4.57. The van der Waals surface area contributed by atoms with E-state index >= 15 is 0 Å². The zero-order valence-electron chi connectivity index (χ0n) is 8.97. The van der Waals surface area contributed by atoms with Crippen LogP contribution in [0.4, 0.5) is 0 Å². The Morgan fingerprint density at radius 3 is 2.38 bits per heavy atom. The summed E-state index contributed by atoms with van der Waals surface area (Å²) in [7, 11) is 1.59. The molecular formula is C13H12N2O. The second-order valence-corrected chi connectivity index (χ2v) is 3.38. The predicted octanol–water partition coefficient (Wildman–Crippen LogP) is 2.11.